The minimum absolute atomic E-state index is 0.0209. The first kappa shape index (κ1) is 19.9. The summed E-state index contributed by atoms with van der Waals surface area (Å²) in [4.78, 5) is 30.0. The van der Waals surface area contributed by atoms with Gasteiger partial charge in [0.15, 0.2) is 0 Å². The van der Waals surface area contributed by atoms with Gasteiger partial charge in [-0.05, 0) is 52.9 Å². The number of hydrogen-bond donors (Lipinski definition) is 1. The number of hydrogen-bond acceptors (Lipinski definition) is 3. The highest BCUT2D eigenvalue weighted by atomic mass is 16.7. The van der Waals surface area contributed by atoms with Crippen LogP contribution in [0.15, 0.2) is 72.8 Å². The molecule has 30 heavy (non-hydrogen) atoms. The van der Waals surface area contributed by atoms with Crippen molar-refractivity contribution >= 4 is 17.6 Å². The van der Waals surface area contributed by atoms with Gasteiger partial charge in [0, 0.05) is 12.3 Å². The predicted octanol–water partition coefficient (Wildman–Crippen LogP) is 5.26. The van der Waals surface area contributed by atoms with E-state index in [2.05, 4.69) is 24.3 Å². The van der Waals surface area contributed by atoms with Gasteiger partial charge >= 0.3 is 5.97 Å². The van der Waals surface area contributed by atoms with Crippen molar-refractivity contribution in [2.45, 2.75) is 25.7 Å². The van der Waals surface area contributed by atoms with Crippen molar-refractivity contribution in [3.8, 4) is 11.1 Å². The number of amides is 1. The van der Waals surface area contributed by atoms with Crippen molar-refractivity contribution in [1.82, 2.24) is 0 Å². The average Bonchev–Trinajstić information content (AvgIpc) is 3.08. The van der Waals surface area contributed by atoms with Crippen LogP contribution in [-0.4, -0.2) is 23.6 Å². The molecule has 0 bridgehead atoms. The Hall–Kier alpha value is -3.44. The smallest absolute Gasteiger partial charge is 0.335 e. The summed E-state index contributed by atoms with van der Waals surface area (Å²) < 4.78 is 0. The van der Waals surface area contributed by atoms with E-state index in [1.165, 1.54) is 39.4 Å². The fourth-order valence-electron chi connectivity index (χ4n) is 3.93. The van der Waals surface area contributed by atoms with Crippen LogP contribution in [0.25, 0.3) is 11.1 Å². The van der Waals surface area contributed by atoms with E-state index in [-0.39, 0.29) is 17.4 Å². The average molecular weight is 401 g/mol. The van der Waals surface area contributed by atoms with Gasteiger partial charge in [-0.25, -0.2) is 4.79 Å². The molecule has 152 valence electrons. The fourth-order valence-corrected chi connectivity index (χ4v) is 3.93. The highest BCUT2D eigenvalue weighted by Gasteiger charge is 2.29. The third kappa shape index (κ3) is 3.72. The molecular weight excluding hydrogens is 378 g/mol. The molecule has 3 aromatic rings. The number of aromatic carboxylic acids is 1. The van der Waals surface area contributed by atoms with Gasteiger partial charge in [-0.3, -0.25) is 9.63 Å². The maximum Gasteiger partial charge on any atom is 0.335 e. The summed E-state index contributed by atoms with van der Waals surface area (Å²) in [5.74, 6) is -1.14. The van der Waals surface area contributed by atoms with Gasteiger partial charge in [0.05, 0.1) is 17.9 Å². The molecule has 0 aromatic heterocycles. The summed E-state index contributed by atoms with van der Waals surface area (Å²) in [6.07, 6.45) is 1.04. The van der Waals surface area contributed by atoms with Gasteiger partial charge in [-0.1, -0.05) is 55.5 Å². The molecule has 3 aromatic carbocycles. The molecule has 5 heteroatoms. The Bertz CT molecular complexity index is 1030. The van der Waals surface area contributed by atoms with Gasteiger partial charge in [-0.15, -0.1) is 0 Å². The lowest BCUT2D eigenvalue weighted by Crippen LogP contribution is -2.32. The quantitative estimate of drug-likeness (QED) is 0.548. The first-order valence-electron chi connectivity index (χ1n) is 10.1. The van der Waals surface area contributed by atoms with Gasteiger partial charge < -0.3 is 5.11 Å². The molecule has 5 nitrogen and oxygen atoms in total. The van der Waals surface area contributed by atoms with Gasteiger partial charge in [0.1, 0.15) is 0 Å². The minimum Gasteiger partial charge on any atom is -0.478 e. The third-order valence-corrected chi connectivity index (χ3v) is 5.37. The number of anilines is 1. The van der Waals surface area contributed by atoms with E-state index in [0.29, 0.717) is 25.1 Å². The maximum absolute atomic E-state index is 12.7. The summed E-state index contributed by atoms with van der Waals surface area (Å²) in [6, 6.07) is 22.7. The van der Waals surface area contributed by atoms with Crippen LogP contribution in [0.2, 0.25) is 0 Å². The first-order chi connectivity index (χ1) is 14.6. The van der Waals surface area contributed by atoms with E-state index < -0.39 is 5.97 Å². The molecule has 0 unspecified atom stereocenters. The fraction of sp³-hybridized carbons (Fsp3) is 0.200. The Kier molecular flexibility index (Phi) is 5.63. The zero-order chi connectivity index (χ0) is 21.1. The minimum atomic E-state index is -1.01. The van der Waals surface area contributed by atoms with Crippen LogP contribution in [0, 0.1) is 0 Å². The number of carboxylic acids is 1. The van der Waals surface area contributed by atoms with Crippen LogP contribution < -0.4 is 5.06 Å². The molecule has 0 saturated carbocycles. The molecule has 0 heterocycles. The normalized spacial score (nSPS) is 12.3. The molecule has 0 aliphatic heterocycles. The van der Waals surface area contributed by atoms with E-state index in [0.717, 1.165) is 0 Å². The van der Waals surface area contributed by atoms with E-state index in [9.17, 15) is 9.59 Å². The van der Waals surface area contributed by atoms with Crippen molar-refractivity contribution in [2.24, 2.45) is 0 Å². The summed E-state index contributed by atoms with van der Waals surface area (Å²) in [7, 11) is 0. The van der Waals surface area contributed by atoms with E-state index >= 15 is 0 Å². The van der Waals surface area contributed by atoms with Crippen molar-refractivity contribution < 1.29 is 19.5 Å². The number of carbonyl (C=O) groups excluding carboxylic acids is 1. The Morgan fingerprint density at radius 3 is 2.00 bits per heavy atom. The van der Waals surface area contributed by atoms with Crippen LogP contribution in [0.1, 0.15) is 47.2 Å². The number of hydroxylamine groups is 1. The van der Waals surface area contributed by atoms with E-state index in [4.69, 9.17) is 9.94 Å². The summed E-state index contributed by atoms with van der Waals surface area (Å²) >= 11 is 0. The highest BCUT2D eigenvalue weighted by Crippen LogP contribution is 2.44. The third-order valence-electron chi connectivity index (χ3n) is 5.37. The molecule has 1 N–H and O–H groups in total. The second-order valence-corrected chi connectivity index (χ2v) is 7.31. The number of fused-ring (bicyclic) bond motifs is 3. The molecule has 0 saturated heterocycles. The van der Waals surface area contributed by atoms with Crippen LogP contribution in [0.5, 0.6) is 0 Å². The Labute approximate surface area is 175 Å². The standard InChI is InChI=1S/C25H23NO4/c1-2-7-24(27)26(18-14-12-17(13-15-18)25(28)29)30-16-23-21-10-5-3-8-19(21)20-9-4-6-11-22(20)23/h3-6,8-15,23H,2,7,16H2,1H3,(H,28,29). The molecule has 1 aliphatic carbocycles. The van der Waals surface area contributed by atoms with Gasteiger partial charge in [0.2, 0.25) is 0 Å². The molecule has 4 rings (SSSR count). The van der Waals surface area contributed by atoms with Gasteiger partial charge in [-0.2, -0.15) is 5.06 Å². The summed E-state index contributed by atoms with van der Waals surface area (Å²) in [6.45, 7) is 2.25. The summed E-state index contributed by atoms with van der Waals surface area (Å²) in [5.41, 5.74) is 5.45. The molecule has 1 aliphatic rings. The first-order valence-corrected chi connectivity index (χ1v) is 10.1. The number of carbonyl (C=O) groups is 2. The van der Waals surface area contributed by atoms with Crippen LogP contribution in [0.3, 0.4) is 0 Å². The largest absolute Gasteiger partial charge is 0.478 e. The molecule has 1 amide bonds. The number of nitrogens with zero attached hydrogens (tertiary/aromatic N) is 1. The van der Waals surface area contributed by atoms with Crippen molar-refractivity contribution in [3.05, 3.63) is 89.5 Å². The Balaban J connectivity index is 1.61. The number of rotatable bonds is 7. The monoisotopic (exact) mass is 401 g/mol. The lowest BCUT2D eigenvalue weighted by atomic mass is 9.98. The second kappa shape index (κ2) is 8.51. The molecule has 0 radical (unpaired) electrons. The maximum atomic E-state index is 12.7. The number of benzene rings is 3. The van der Waals surface area contributed by atoms with Crippen LogP contribution in [-0.2, 0) is 9.63 Å². The van der Waals surface area contributed by atoms with Crippen molar-refractivity contribution in [2.75, 3.05) is 11.7 Å². The zero-order valence-corrected chi connectivity index (χ0v) is 16.7. The lowest BCUT2D eigenvalue weighted by molar-refractivity contribution is -0.126. The van der Waals surface area contributed by atoms with E-state index in [1.807, 2.05) is 31.2 Å². The predicted molar refractivity (Wildman–Crippen MR) is 115 cm³/mol. The van der Waals surface area contributed by atoms with Crippen molar-refractivity contribution in [1.29, 1.82) is 0 Å². The van der Waals surface area contributed by atoms with Crippen molar-refractivity contribution in [3.63, 3.8) is 0 Å². The lowest BCUT2D eigenvalue weighted by Gasteiger charge is -2.24. The number of carboxylic acid groups (broad SMARTS) is 1. The molecule has 0 spiro atoms. The van der Waals surface area contributed by atoms with Crippen LogP contribution in [0.4, 0.5) is 5.69 Å². The Morgan fingerprint density at radius 2 is 1.47 bits per heavy atom. The molecular formula is C25H23NO4. The van der Waals surface area contributed by atoms with Gasteiger partial charge in [0.25, 0.3) is 5.91 Å². The van der Waals surface area contributed by atoms with E-state index in [1.54, 1.807) is 12.1 Å². The Morgan fingerprint density at radius 1 is 0.900 bits per heavy atom. The second-order valence-electron chi connectivity index (χ2n) is 7.31. The topological polar surface area (TPSA) is 66.8 Å². The molecule has 0 atom stereocenters. The van der Waals surface area contributed by atoms with Crippen LogP contribution >= 0.6 is 0 Å². The SMILES string of the molecule is CCCC(=O)N(OCC1c2ccccc2-c2ccccc21)c1ccc(C(=O)O)cc1. The summed E-state index contributed by atoms with van der Waals surface area (Å²) in [5, 5.41) is 10.4. The molecule has 0 fully saturated rings. The zero-order valence-electron chi connectivity index (χ0n) is 16.7. The highest BCUT2D eigenvalue weighted by molar-refractivity contribution is 5.93.